The molecule has 1 aliphatic rings. The fourth-order valence-electron chi connectivity index (χ4n) is 2.41. The molecule has 0 spiro atoms. The molecule has 1 heterocycles. The van der Waals surface area contributed by atoms with E-state index < -0.39 is 11.6 Å². The third-order valence-electron chi connectivity index (χ3n) is 3.34. The summed E-state index contributed by atoms with van der Waals surface area (Å²) in [5, 5.41) is 3.04. The highest BCUT2D eigenvalue weighted by molar-refractivity contribution is 5.72. The van der Waals surface area contributed by atoms with Crippen LogP contribution in [0.1, 0.15) is 5.56 Å². The van der Waals surface area contributed by atoms with E-state index in [2.05, 4.69) is 5.32 Å². The Morgan fingerprint density at radius 3 is 2.65 bits per heavy atom. The summed E-state index contributed by atoms with van der Waals surface area (Å²) in [5.74, 6) is -2.05. The summed E-state index contributed by atoms with van der Waals surface area (Å²) in [4.78, 5) is 1.91. The molecule has 0 amide bonds. The molecular formula is C15H13F3N2. The zero-order valence-electron chi connectivity index (χ0n) is 10.7. The Hall–Kier alpha value is -2.17. The van der Waals surface area contributed by atoms with Crippen molar-refractivity contribution in [2.24, 2.45) is 0 Å². The molecule has 104 valence electrons. The topological polar surface area (TPSA) is 15.3 Å². The average Bonchev–Trinajstić information content (AvgIpc) is 2.41. The van der Waals surface area contributed by atoms with E-state index in [-0.39, 0.29) is 5.82 Å². The van der Waals surface area contributed by atoms with Gasteiger partial charge < -0.3 is 10.2 Å². The number of halogens is 3. The van der Waals surface area contributed by atoms with Gasteiger partial charge in [-0.15, -0.1) is 0 Å². The number of fused-ring (bicyclic) bond motifs is 1. The Morgan fingerprint density at radius 2 is 1.85 bits per heavy atom. The molecule has 0 saturated heterocycles. The third-order valence-corrected chi connectivity index (χ3v) is 3.34. The van der Waals surface area contributed by atoms with Crippen LogP contribution in [0.2, 0.25) is 0 Å². The molecule has 0 fully saturated rings. The average molecular weight is 278 g/mol. The molecule has 2 nitrogen and oxygen atoms in total. The number of hydrogen-bond acceptors (Lipinski definition) is 2. The van der Waals surface area contributed by atoms with Crippen LogP contribution in [0, 0.1) is 17.5 Å². The van der Waals surface area contributed by atoms with Crippen LogP contribution >= 0.6 is 0 Å². The number of nitrogens with zero attached hydrogens (tertiary/aromatic N) is 1. The van der Waals surface area contributed by atoms with Gasteiger partial charge in [0.1, 0.15) is 5.82 Å². The summed E-state index contributed by atoms with van der Waals surface area (Å²) in [6, 6.07) is 8.61. The SMILES string of the molecule is Fc1cccc(CN2CCNc3cc(F)c(F)cc32)c1. The van der Waals surface area contributed by atoms with Crippen molar-refractivity contribution >= 4 is 11.4 Å². The van der Waals surface area contributed by atoms with Gasteiger partial charge in [-0.2, -0.15) is 0 Å². The van der Waals surface area contributed by atoms with Crippen LogP contribution < -0.4 is 10.2 Å². The molecule has 0 aliphatic carbocycles. The minimum absolute atomic E-state index is 0.303. The predicted molar refractivity (Wildman–Crippen MR) is 72.3 cm³/mol. The van der Waals surface area contributed by atoms with E-state index in [0.29, 0.717) is 31.0 Å². The van der Waals surface area contributed by atoms with Crippen LogP contribution in [0.25, 0.3) is 0 Å². The van der Waals surface area contributed by atoms with Crippen LogP contribution in [0.3, 0.4) is 0 Å². The second-order valence-corrected chi connectivity index (χ2v) is 4.76. The summed E-state index contributed by atoms with van der Waals surface area (Å²) in [6.07, 6.45) is 0. The second kappa shape index (κ2) is 5.07. The largest absolute Gasteiger partial charge is 0.382 e. The van der Waals surface area contributed by atoms with Crippen molar-refractivity contribution in [1.29, 1.82) is 0 Å². The predicted octanol–water partition coefficient (Wildman–Crippen LogP) is 3.54. The molecule has 3 rings (SSSR count). The Bertz CT molecular complexity index is 643. The minimum atomic E-state index is -0.878. The van der Waals surface area contributed by atoms with Crippen LogP contribution in [-0.4, -0.2) is 13.1 Å². The molecule has 5 heteroatoms. The van der Waals surface area contributed by atoms with E-state index in [1.807, 2.05) is 11.0 Å². The zero-order valence-corrected chi connectivity index (χ0v) is 10.7. The first-order valence-corrected chi connectivity index (χ1v) is 6.36. The molecular weight excluding hydrogens is 265 g/mol. The molecule has 0 saturated carbocycles. The number of nitrogens with one attached hydrogen (secondary N) is 1. The molecule has 0 unspecified atom stereocenters. The first-order valence-electron chi connectivity index (χ1n) is 6.36. The summed E-state index contributed by atoms with van der Waals surface area (Å²) >= 11 is 0. The van der Waals surface area contributed by atoms with Crippen molar-refractivity contribution in [2.75, 3.05) is 23.3 Å². The summed E-state index contributed by atoms with van der Waals surface area (Å²) < 4.78 is 39.8. The quantitative estimate of drug-likeness (QED) is 0.904. The molecule has 0 bridgehead atoms. The standard InChI is InChI=1S/C15H13F3N2/c16-11-3-1-2-10(6-11)9-20-5-4-19-14-7-12(17)13(18)8-15(14)20/h1-3,6-8,19H,4-5,9H2. The smallest absolute Gasteiger partial charge is 0.161 e. The second-order valence-electron chi connectivity index (χ2n) is 4.76. The molecule has 20 heavy (non-hydrogen) atoms. The van der Waals surface area contributed by atoms with E-state index in [4.69, 9.17) is 0 Å². The van der Waals surface area contributed by atoms with Gasteiger partial charge >= 0.3 is 0 Å². The van der Waals surface area contributed by atoms with Crippen LogP contribution in [-0.2, 0) is 6.54 Å². The lowest BCUT2D eigenvalue weighted by atomic mass is 10.1. The van der Waals surface area contributed by atoms with Gasteiger partial charge in [-0.25, -0.2) is 13.2 Å². The third kappa shape index (κ3) is 2.43. The lowest BCUT2D eigenvalue weighted by molar-refractivity contribution is 0.508. The summed E-state index contributed by atoms with van der Waals surface area (Å²) in [5.41, 5.74) is 1.95. The van der Waals surface area contributed by atoms with Crippen molar-refractivity contribution in [3.05, 3.63) is 59.4 Å². The van der Waals surface area contributed by atoms with Gasteiger partial charge in [0.05, 0.1) is 11.4 Å². The molecule has 0 aromatic heterocycles. The van der Waals surface area contributed by atoms with Gasteiger partial charge in [-0.1, -0.05) is 12.1 Å². The molecule has 2 aromatic rings. The monoisotopic (exact) mass is 278 g/mol. The fourth-order valence-corrected chi connectivity index (χ4v) is 2.41. The Kier molecular flexibility index (Phi) is 3.26. The summed E-state index contributed by atoms with van der Waals surface area (Å²) in [7, 11) is 0. The van der Waals surface area contributed by atoms with E-state index in [1.165, 1.54) is 18.2 Å². The van der Waals surface area contributed by atoms with Gasteiger partial charge in [0, 0.05) is 31.8 Å². The van der Waals surface area contributed by atoms with Gasteiger partial charge in [0.25, 0.3) is 0 Å². The van der Waals surface area contributed by atoms with E-state index >= 15 is 0 Å². The Labute approximate surface area is 114 Å². The van der Waals surface area contributed by atoms with E-state index in [1.54, 1.807) is 6.07 Å². The fraction of sp³-hybridized carbons (Fsp3) is 0.200. The van der Waals surface area contributed by atoms with Crippen molar-refractivity contribution in [2.45, 2.75) is 6.54 Å². The van der Waals surface area contributed by atoms with E-state index in [9.17, 15) is 13.2 Å². The van der Waals surface area contributed by atoms with Gasteiger partial charge in [0.15, 0.2) is 11.6 Å². The number of benzene rings is 2. The Morgan fingerprint density at radius 1 is 1.05 bits per heavy atom. The Balaban J connectivity index is 1.92. The first-order chi connectivity index (χ1) is 9.63. The highest BCUT2D eigenvalue weighted by atomic mass is 19.2. The van der Waals surface area contributed by atoms with Crippen LogP contribution in [0.4, 0.5) is 24.5 Å². The first kappa shape index (κ1) is 12.8. The van der Waals surface area contributed by atoms with Gasteiger partial charge in [-0.3, -0.25) is 0 Å². The zero-order chi connectivity index (χ0) is 14.1. The van der Waals surface area contributed by atoms with Gasteiger partial charge in [0.2, 0.25) is 0 Å². The molecule has 0 atom stereocenters. The highest BCUT2D eigenvalue weighted by Crippen LogP contribution is 2.32. The minimum Gasteiger partial charge on any atom is -0.382 e. The maximum absolute atomic E-state index is 13.4. The number of hydrogen-bond donors (Lipinski definition) is 1. The highest BCUT2D eigenvalue weighted by Gasteiger charge is 2.19. The van der Waals surface area contributed by atoms with Crippen molar-refractivity contribution in [1.82, 2.24) is 0 Å². The van der Waals surface area contributed by atoms with Crippen molar-refractivity contribution in [3.8, 4) is 0 Å². The molecule has 0 radical (unpaired) electrons. The summed E-state index contributed by atoms with van der Waals surface area (Å²) in [6.45, 7) is 1.74. The van der Waals surface area contributed by atoms with Crippen LogP contribution in [0.15, 0.2) is 36.4 Å². The number of anilines is 2. The lowest BCUT2D eigenvalue weighted by Crippen LogP contribution is -2.33. The van der Waals surface area contributed by atoms with Crippen LogP contribution in [0.5, 0.6) is 0 Å². The molecule has 1 aliphatic heterocycles. The van der Waals surface area contributed by atoms with E-state index in [0.717, 1.165) is 11.6 Å². The van der Waals surface area contributed by atoms with Crippen molar-refractivity contribution in [3.63, 3.8) is 0 Å². The molecule has 1 N–H and O–H groups in total. The lowest BCUT2D eigenvalue weighted by Gasteiger charge is -2.32. The maximum Gasteiger partial charge on any atom is 0.161 e. The number of rotatable bonds is 2. The maximum atomic E-state index is 13.4. The van der Waals surface area contributed by atoms with Crippen molar-refractivity contribution < 1.29 is 13.2 Å². The normalized spacial score (nSPS) is 13.8. The van der Waals surface area contributed by atoms with Gasteiger partial charge in [-0.05, 0) is 17.7 Å². The molecule has 2 aromatic carbocycles.